The average molecular weight is 399 g/mol. The van der Waals surface area contributed by atoms with Crippen LogP contribution in [-0.2, 0) is 6.54 Å². The van der Waals surface area contributed by atoms with Crippen LogP contribution in [0, 0.1) is 6.92 Å². The van der Waals surface area contributed by atoms with Crippen LogP contribution in [-0.4, -0.2) is 21.3 Å². The molecule has 0 saturated carbocycles. The van der Waals surface area contributed by atoms with Gasteiger partial charge in [-0.1, -0.05) is 42.4 Å². The molecule has 1 heterocycles. The fourth-order valence-corrected chi connectivity index (χ4v) is 4.33. The van der Waals surface area contributed by atoms with E-state index in [9.17, 15) is 10.0 Å². The van der Waals surface area contributed by atoms with E-state index in [2.05, 4.69) is 60.0 Å². The first-order chi connectivity index (χ1) is 14.5. The molecule has 0 radical (unpaired) electrons. The van der Waals surface area contributed by atoms with Crippen molar-refractivity contribution >= 4 is 33.3 Å². The molecule has 4 heteroatoms. The van der Waals surface area contributed by atoms with E-state index in [-0.39, 0.29) is 5.78 Å². The van der Waals surface area contributed by atoms with Crippen LogP contribution in [0.25, 0.3) is 32.9 Å². The smallest absolute Gasteiger partial charge is 0.162 e. The second-order valence-electron chi connectivity index (χ2n) is 7.67. The normalized spacial score (nSPS) is 12.1. The maximum Gasteiger partial charge on any atom is 0.162 e. The number of hydrogen-bond donors (Lipinski definition) is 1. The van der Waals surface area contributed by atoms with Crippen molar-refractivity contribution in [1.82, 2.24) is 4.57 Å². The Hall–Kier alpha value is -3.40. The van der Waals surface area contributed by atoms with Gasteiger partial charge in [0.15, 0.2) is 5.78 Å². The Bertz CT molecular complexity index is 1310. The molecule has 30 heavy (non-hydrogen) atoms. The summed E-state index contributed by atoms with van der Waals surface area (Å²) < 4.78 is 2.23. The number of Topliss-reactive ketones (excluding diaryl/α,β-unsaturated/α-hetero) is 1. The Morgan fingerprint density at radius 3 is 2.47 bits per heavy atom. The zero-order chi connectivity index (χ0) is 21.4. The van der Waals surface area contributed by atoms with Crippen molar-refractivity contribution in [2.75, 3.05) is 0 Å². The molecule has 152 valence electrons. The number of carbonyl (C=O) groups excluding carboxylic acids is 1. The molecular weight excluding hydrogens is 372 g/mol. The summed E-state index contributed by atoms with van der Waals surface area (Å²) in [5.41, 5.74) is 7.63. The van der Waals surface area contributed by atoms with E-state index in [1.54, 1.807) is 6.92 Å². The number of aryl methyl sites for hydroxylation is 2. The number of benzene rings is 3. The number of ketones is 1. The van der Waals surface area contributed by atoms with Gasteiger partial charge < -0.3 is 9.77 Å². The van der Waals surface area contributed by atoms with E-state index in [0.29, 0.717) is 17.7 Å². The molecular formula is C26H26N2O2. The predicted molar refractivity (Wildman–Crippen MR) is 124 cm³/mol. The third-order valence-electron chi connectivity index (χ3n) is 5.91. The number of oxime groups is 1. The summed E-state index contributed by atoms with van der Waals surface area (Å²) in [5.74, 6) is 0.0800. The van der Waals surface area contributed by atoms with Gasteiger partial charge in [-0.3, -0.25) is 4.79 Å². The van der Waals surface area contributed by atoms with Crippen molar-refractivity contribution in [1.29, 1.82) is 0 Å². The largest absolute Gasteiger partial charge is 0.411 e. The lowest BCUT2D eigenvalue weighted by Crippen LogP contribution is -2.05. The molecule has 3 aromatic carbocycles. The van der Waals surface area contributed by atoms with Crippen LogP contribution in [0.15, 0.2) is 59.8 Å². The third-order valence-corrected chi connectivity index (χ3v) is 5.91. The first-order valence-corrected chi connectivity index (χ1v) is 10.4. The zero-order valence-corrected chi connectivity index (χ0v) is 17.9. The molecule has 0 atom stereocenters. The summed E-state index contributed by atoms with van der Waals surface area (Å²) in [4.78, 5) is 12.6. The first kappa shape index (κ1) is 19.9. The number of hydrogen-bond acceptors (Lipinski definition) is 3. The van der Waals surface area contributed by atoms with Crippen LogP contribution < -0.4 is 0 Å². The number of aromatic nitrogens is 1. The van der Waals surface area contributed by atoms with Gasteiger partial charge in [-0.25, -0.2) is 0 Å². The van der Waals surface area contributed by atoms with E-state index in [4.69, 9.17) is 0 Å². The van der Waals surface area contributed by atoms with Crippen LogP contribution in [0.5, 0.6) is 0 Å². The molecule has 0 spiro atoms. The fraction of sp³-hybridized carbons (Fsp3) is 0.231. The van der Waals surface area contributed by atoms with Crippen LogP contribution in [0.1, 0.15) is 48.7 Å². The molecule has 4 nitrogen and oxygen atoms in total. The third kappa shape index (κ3) is 3.09. The SMILES string of the molecule is CCC(=O)c1cc(C(C)=NO)c2c(c1)c1cc(-c3ccccc3C)ccc1n2CC. The summed E-state index contributed by atoms with van der Waals surface area (Å²) in [7, 11) is 0. The maximum atomic E-state index is 12.6. The standard InChI is InChI=1S/C26H26N2O2/c1-5-25(29)19-14-21(17(4)27-30)26-23(15-19)22-13-18(11-12-24(22)28(26)6-2)20-10-8-7-9-16(20)3/h7-15,30H,5-6H2,1-4H3. The summed E-state index contributed by atoms with van der Waals surface area (Å²) >= 11 is 0. The molecule has 0 aliphatic heterocycles. The van der Waals surface area contributed by atoms with Gasteiger partial charge in [0.2, 0.25) is 0 Å². The molecule has 1 aromatic heterocycles. The monoisotopic (exact) mass is 398 g/mol. The van der Waals surface area contributed by atoms with Gasteiger partial charge in [0.1, 0.15) is 0 Å². The summed E-state index contributed by atoms with van der Waals surface area (Å²) in [5, 5.41) is 15.1. The van der Waals surface area contributed by atoms with E-state index >= 15 is 0 Å². The van der Waals surface area contributed by atoms with Gasteiger partial charge in [-0.05, 0) is 61.7 Å². The lowest BCUT2D eigenvalue weighted by atomic mass is 9.96. The number of nitrogens with zero attached hydrogens (tertiary/aromatic N) is 2. The predicted octanol–water partition coefficient (Wildman–Crippen LogP) is 6.58. The molecule has 4 rings (SSSR count). The highest BCUT2D eigenvalue weighted by Gasteiger charge is 2.19. The Labute approximate surface area is 176 Å². The number of rotatable bonds is 5. The van der Waals surface area contributed by atoms with Gasteiger partial charge in [0.25, 0.3) is 0 Å². The van der Waals surface area contributed by atoms with Gasteiger partial charge in [0, 0.05) is 40.4 Å². The molecule has 0 aliphatic carbocycles. The maximum absolute atomic E-state index is 12.6. The number of carbonyl (C=O) groups is 1. The minimum Gasteiger partial charge on any atom is -0.411 e. The highest BCUT2D eigenvalue weighted by molar-refractivity contribution is 6.19. The lowest BCUT2D eigenvalue weighted by molar-refractivity contribution is 0.0988. The Kier molecular flexibility index (Phi) is 5.17. The van der Waals surface area contributed by atoms with Crippen molar-refractivity contribution in [3.8, 4) is 11.1 Å². The minimum absolute atomic E-state index is 0.0800. The minimum atomic E-state index is 0.0800. The molecule has 0 saturated heterocycles. The van der Waals surface area contributed by atoms with Crippen LogP contribution in [0.3, 0.4) is 0 Å². The van der Waals surface area contributed by atoms with Gasteiger partial charge >= 0.3 is 0 Å². The quantitative estimate of drug-likeness (QED) is 0.179. The van der Waals surface area contributed by atoms with E-state index in [1.807, 2.05) is 25.1 Å². The van der Waals surface area contributed by atoms with Crippen molar-refractivity contribution in [2.45, 2.75) is 40.7 Å². The van der Waals surface area contributed by atoms with Crippen LogP contribution in [0.2, 0.25) is 0 Å². The molecule has 0 aliphatic rings. The van der Waals surface area contributed by atoms with Crippen LogP contribution in [0.4, 0.5) is 0 Å². The molecule has 0 fully saturated rings. The topological polar surface area (TPSA) is 54.6 Å². The molecule has 0 amide bonds. The Morgan fingerprint density at radius 1 is 1.03 bits per heavy atom. The van der Waals surface area contributed by atoms with E-state index < -0.39 is 0 Å². The second-order valence-corrected chi connectivity index (χ2v) is 7.67. The summed E-state index contributed by atoms with van der Waals surface area (Å²) in [6.07, 6.45) is 0.432. The van der Waals surface area contributed by atoms with Crippen molar-refractivity contribution < 1.29 is 10.0 Å². The summed E-state index contributed by atoms with van der Waals surface area (Å²) in [6, 6.07) is 18.7. The molecule has 4 aromatic rings. The van der Waals surface area contributed by atoms with Crippen LogP contribution >= 0.6 is 0 Å². The highest BCUT2D eigenvalue weighted by Crippen LogP contribution is 2.36. The second kappa shape index (κ2) is 7.79. The zero-order valence-electron chi connectivity index (χ0n) is 17.9. The van der Waals surface area contributed by atoms with E-state index in [1.165, 1.54) is 11.1 Å². The van der Waals surface area contributed by atoms with Crippen molar-refractivity contribution in [3.63, 3.8) is 0 Å². The van der Waals surface area contributed by atoms with Gasteiger partial charge in [0.05, 0.1) is 11.2 Å². The average Bonchev–Trinajstić information content (AvgIpc) is 3.10. The first-order valence-electron chi connectivity index (χ1n) is 10.4. The number of fused-ring (bicyclic) bond motifs is 3. The van der Waals surface area contributed by atoms with E-state index in [0.717, 1.165) is 39.5 Å². The fourth-order valence-electron chi connectivity index (χ4n) is 4.33. The molecule has 1 N–H and O–H groups in total. The highest BCUT2D eigenvalue weighted by atomic mass is 16.4. The van der Waals surface area contributed by atoms with Gasteiger partial charge in [-0.15, -0.1) is 0 Å². The Morgan fingerprint density at radius 2 is 1.80 bits per heavy atom. The summed E-state index contributed by atoms with van der Waals surface area (Å²) in [6.45, 7) is 8.63. The van der Waals surface area contributed by atoms with Crippen molar-refractivity contribution in [2.24, 2.45) is 5.16 Å². The van der Waals surface area contributed by atoms with Crippen molar-refractivity contribution in [3.05, 3.63) is 71.3 Å². The molecule has 0 unspecified atom stereocenters. The van der Waals surface area contributed by atoms with Gasteiger partial charge in [-0.2, -0.15) is 0 Å². The molecule has 0 bridgehead atoms. The lowest BCUT2D eigenvalue weighted by Gasteiger charge is -2.10. The Balaban J connectivity index is 2.13.